The molecule has 0 saturated carbocycles. The maximum Gasteiger partial charge on any atom is 0.242 e. The fraction of sp³-hybridized carbons (Fsp3) is 0.409. The van der Waals surface area contributed by atoms with E-state index in [-0.39, 0.29) is 48.5 Å². The number of rotatable bonds is 8. The summed E-state index contributed by atoms with van der Waals surface area (Å²) in [5.41, 5.74) is 2.26. The molecule has 10 heteroatoms. The van der Waals surface area contributed by atoms with Crippen LogP contribution in [-0.4, -0.2) is 65.3 Å². The zero-order valence-electron chi connectivity index (χ0n) is 18.2. The Kier molecular flexibility index (Phi) is 7.71. The predicted octanol–water partition coefficient (Wildman–Crippen LogP) is 1.17. The number of carbonyl (C=O) groups is 1. The first-order valence-corrected chi connectivity index (χ1v) is 13.7. The Hall–Kier alpha value is -2.27. The molecule has 1 unspecified atom stereocenters. The number of nitrogens with one attached hydrogen (secondary N) is 2. The molecular formula is C22H29N3O5S2. The number of carbonyl (C=O) groups excluding carboxylic acids is 1. The van der Waals surface area contributed by atoms with Crippen molar-refractivity contribution in [3.63, 3.8) is 0 Å². The van der Waals surface area contributed by atoms with E-state index in [0.29, 0.717) is 5.56 Å². The molecule has 3 rings (SSSR count). The van der Waals surface area contributed by atoms with Gasteiger partial charge in [-0.1, -0.05) is 42.5 Å². The molecule has 32 heavy (non-hydrogen) atoms. The van der Waals surface area contributed by atoms with Gasteiger partial charge in [-0.25, -0.2) is 21.6 Å². The number of sulfonamides is 1. The van der Waals surface area contributed by atoms with Crippen molar-refractivity contribution in [2.24, 2.45) is 0 Å². The maximum atomic E-state index is 13.0. The Balaban J connectivity index is 1.63. The van der Waals surface area contributed by atoms with Gasteiger partial charge in [0.2, 0.25) is 15.9 Å². The Labute approximate surface area is 190 Å². The highest BCUT2D eigenvalue weighted by Crippen LogP contribution is 2.23. The molecule has 0 radical (unpaired) electrons. The number of sulfone groups is 1. The lowest BCUT2D eigenvalue weighted by molar-refractivity contribution is -0.126. The van der Waals surface area contributed by atoms with E-state index in [1.54, 1.807) is 19.1 Å². The van der Waals surface area contributed by atoms with Crippen LogP contribution in [0.2, 0.25) is 0 Å². The number of amides is 1. The highest BCUT2D eigenvalue weighted by Gasteiger charge is 2.32. The van der Waals surface area contributed by atoms with Gasteiger partial charge in [0.05, 0.1) is 16.4 Å². The van der Waals surface area contributed by atoms with Gasteiger partial charge in [0.15, 0.2) is 9.84 Å². The minimum Gasteiger partial charge on any atom is -0.353 e. The Morgan fingerprint density at radius 3 is 2.34 bits per heavy atom. The van der Waals surface area contributed by atoms with Crippen LogP contribution in [0.5, 0.6) is 0 Å². The summed E-state index contributed by atoms with van der Waals surface area (Å²) in [6.45, 7) is 4.26. The first-order chi connectivity index (χ1) is 15.1. The van der Waals surface area contributed by atoms with Crippen LogP contribution in [-0.2, 0) is 24.7 Å². The second-order valence-corrected chi connectivity index (χ2v) is 12.0. The van der Waals surface area contributed by atoms with Crippen molar-refractivity contribution in [1.82, 2.24) is 14.9 Å². The van der Waals surface area contributed by atoms with Gasteiger partial charge in [-0.2, -0.15) is 0 Å². The van der Waals surface area contributed by atoms with Crippen molar-refractivity contribution >= 4 is 25.8 Å². The summed E-state index contributed by atoms with van der Waals surface area (Å²) in [6.07, 6.45) is 0. The molecule has 1 aliphatic rings. The second-order valence-electron chi connectivity index (χ2n) is 7.96. The van der Waals surface area contributed by atoms with E-state index < -0.39 is 25.9 Å². The van der Waals surface area contributed by atoms with Gasteiger partial charge in [-0.05, 0) is 36.6 Å². The second kappa shape index (κ2) is 10.1. The van der Waals surface area contributed by atoms with Gasteiger partial charge in [0.1, 0.15) is 6.04 Å². The number of aryl methyl sites for hydroxylation is 2. The lowest BCUT2D eigenvalue weighted by atomic mass is 10.0. The molecule has 1 heterocycles. The van der Waals surface area contributed by atoms with Gasteiger partial charge in [0, 0.05) is 26.2 Å². The highest BCUT2D eigenvalue weighted by atomic mass is 32.2. The third kappa shape index (κ3) is 6.16. The summed E-state index contributed by atoms with van der Waals surface area (Å²) in [5.74, 6) is -0.264. The molecule has 2 N–H and O–H groups in total. The molecule has 0 spiro atoms. The molecule has 1 amide bonds. The third-order valence-electron chi connectivity index (χ3n) is 5.46. The summed E-state index contributed by atoms with van der Waals surface area (Å²) in [4.78, 5) is 15.1. The standard InChI is InChI=1S/C22H29N3O5S2/c1-17-8-9-18(2)20(16-17)32(29,30)24-11-10-23-22(26)21(19-6-4-3-5-7-19)25-12-14-31(27,28)15-13-25/h3-9,16,21,24H,10-15H2,1-2H3,(H,23,26). The van der Waals surface area contributed by atoms with Crippen molar-refractivity contribution in [1.29, 1.82) is 0 Å². The van der Waals surface area contributed by atoms with Crippen molar-refractivity contribution in [3.8, 4) is 0 Å². The van der Waals surface area contributed by atoms with Crippen LogP contribution in [0.25, 0.3) is 0 Å². The lowest BCUT2D eigenvalue weighted by Gasteiger charge is -2.33. The summed E-state index contributed by atoms with van der Waals surface area (Å²) in [6, 6.07) is 13.8. The summed E-state index contributed by atoms with van der Waals surface area (Å²) in [5, 5.41) is 2.79. The van der Waals surface area contributed by atoms with Crippen molar-refractivity contribution in [3.05, 3.63) is 65.2 Å². The summed E-state index contributed by atoms with van der Waals surface area (Å²) >= 11 is 0. The molecule has 1 atom stereocenters. The summed E-state index contributed by atoms with van der Waals surface area (Å²) in [7, 11) is -6.77. The number of nitrogens with zero attached hydrogens (tertiary/aromatic N) is 1. The molecular weight excluding hydrogens is 450 g/mol. The smallest absolute Gasteiger partial charge is 0.242 e. The Morgan fingerprint density at radius 1 is 1.03 bits per heavy atom. The number of benzene rings is 2. The molecule has 2 aromatic rings. The first kappa shape index (κ1) is 24.4. The van der Waals surface area contributed by atoms with Crippen LogP contribution in [0, 0.1) is 13.8 Å². The molecule has 0 aromatic heterocycles. The molecule has 1 aliphatic heterocycles. The monoisotopic (exact) mass is 479 g/mol. The van der Waals surface area contributed by atoms with Crippen LogP contribution in [0.3, 0.4) is 0 Å². The molecule has 1 fully saturated rings. The van der Waals surface area contributed by atoms with Gasteiger partial charge >= 0.3 is 0 Å². The first-order valence-electron chi connectivity index (χ1n) is 10.4. The molecule has 0 bridgehead atoms. The van der Waals surface area contributed by atoms with E-state index >= 15 is 0 Å². The minimum absolute atomic E-state index is 0.0132. The fourth-order valence-corrected chi connectivity index (χ4v) is 6.28. The normalized spacial score (nSPS) is 17.6. The molecule has 1 saturated heterocycles. The van der Waals surface area contributed by atoms with Crippen LogP contribution in [0.4, 0.5) is 0 Å². The van der Waals surface area contributed by atoms with Crippen molar-refractivity contribution in [2.75, 3.05) is 37.7 Å². The molecule has 8 nitrogen and oxygen atoms in total. The zero-order valence-corrected chi connectivity index (χ0v) is 19.9. The van der Waals surface area contributed by atoms with E-state index in [4.69, 9.17) is 0 Å². The van der Waals surface area contributed by atoms with E-state index in [0.717, 1.165) is 11.1 Å². The van der Waals surface area contributed by atoms with Crippen LogP contribution >= 0.6 is 0 Å². The van der Waals surface area contributed by atoms with Gasteiger partial charge in [-0.3, -0.25) is 9.69 Å². The van der Waals surface area contributed by atoms with Crippen molar-refractivity contribution < 1.29 is 21.6 Å². The van der Waals surface area contributed by atoms with Crippen molar-refractivity contribution in [2.45, 2.75) is 24.8 Å². The fourth-order valence-electron chi connectivity index (χ4n) is 3.69. The summed E-state index contributed by atoms with van der Waals surface area (Å²) < 4.78 is 51.4. The Bertz CT molecular complexity index is 1150. The van der Waals surface area contributed by atoms with E-state index in [1.165, 1.54) is 0 Å². The average Bonchev–Trinajstić information content (AvgIpc) is 2.75. The maximum absolute atomic E-state index is 13.0. The quantitative estimate of drug-likeness (QED) is 0.550. The van der Waals surface area contributed by atoms with E-state index in [2.05, 4.69) is 10.0 Å². The number of hydrogen-bond acceptors (Lipinski definition) is 6. The topological polar surface area (TPSA) is 113 Å². The molecule has 174 valence electrons. The van der Waals surface area contributed by atoms with Gasteiger partial charge < -0.3 is 5.32 Å². The largest absolute Gasteiger partial charge is 0.353 e. The van der Waals surface area contributed by atoms with E-state index in [1.807, 2.05) is 48.2 Å². The Morgan fingerprint density at radius 2 is 1.69 bits per heavy atom. The molecule has 2 aromatic carbocycles. The van der Waals surface area contributed by atoms with Crippen LogP contribution in [0.1, 0.15) is 22.7 Å². The van der Waals surface area contributed by atoms with E-state index in [9.17, 15) is 21.6 Å². The van der Waals surface area contributed by atoms with Crippen LogP contribution in [0.15, 0.2) is 53.4 Å². The van der Waals surface area contributed by atoms with Gasteiger partial charge in [0.25, 0.3) is 0 Å². The minimum atomic E-state index is -3.70. The highest BCUT2D eigenvalue weighted by molar-refractivity contribution is 7.91. The number of hydrogen-bond donors (Lipinski definition) is 2. The average molecular weight is 480 g/mol. The van der Waals surface area contributed by atoms with Crippen LogP contribution < -0.4 is 10.0 Å². The zero-order chi connectivity index (χ0) is 23.4. The SMILES string of the molecule is Cc1ccc(C)c(S(=O)(=O)NCCNC(=O)C(c2ccccc2)N2CCS(=O)(=O)CC2)c1. The van der Waals surface area contributed by atoms with Gasteiger partial charge in [-0.15, -0.1) is 0 Å². The molecule has 0 aliphatic carbocycles. The lowest BCUT2D eigenvalue weighted by Crippen LogP contribution is -2.48. The predicted molar refractivity (Wildman–Crippen MR) is 124 cm³/mol. The third-order valence-corrected chi connectivity index (χ3v) is 8.67.